The van der Waals surface area contributed by atoms with E-state index in [-0.39, 0.29) is 16.8 Å². The molecule has 0 radical (unpaired) electrons. The van der Waals surface area contributed by atoms with Crippen molar-refractivity contribution in [1.29, 1.82) is 5.26 Å². The Morgan fingerprint density at radius 3 is 2.37 bits per heavy atom. The maximum Gasteiger partial charge on any atom is 0.433 e. The number of hydrogen-bond acceptors (Lipinski definition) is 3. The lowest BCUT2D eigenvalue weighted by Gasteiger charge is -2.06. The maximum absolute atomic E-state index is 13.1. The highest BCUT2D eigenvalue weighted by molar-refractivity contribution is 5.63. The molecule has 2 aromatic heterocycles. The Labute approximate surface area is 105 Å². The lowest BCUT2D eigenvalue weighted by Crippen LogP contribution is -2.07. The van der Waals surface area contributed by atoms with Gasteiger partial charge in [-0.2, -0.15) is 22.8 Å². The number of rotatable bonds is 1. The second-order valence-corrected chi connectivity index (χ2v) is 3.61. The lowest BCUT2D eigenvalue weighted by molar-refractivity contribution is -0.141. The summed E-state index contributed by atoms with van der Waals surface area (Å²) in [4.78, 5) is 6.57. The summed E-state index contributed by atoms with van der Waals surface area (Å²) < 4.78 is 50.1. The molecule has 2 heterocycles. The van der Waals surface area contributed by atoms with Crippen LogP contribution in [0.5, 0.6) is 0 Å². The predicted molar refractivity (Wildman–Crippen MR) is 57.1 cm³/mol. The Hall–Kier alpha value is -2.49. The van der Waals surface area contributed by atoms with Gasteiger partial charge < -0.3 is 0 Å². The second-order valence-electron chi connectivity index (χ2n) is 3.61. The third-order valence-electron chi connectivity index (χ3n) is 2.30. The number of halogens is 4. The van der Waals surface area contributed by atoms with Crippen LogP contribution in [0.1, 0.15) is 11.4 Å². The molecule has 19 heavy (non-hydrogen) atoms. The fraction of sp³-hybridized carbons (Fsp3) is 0.0833. The standard InChI is InChI=1S/C12H5F4N3/c13-11-4-8(3-9(5-17)19-11)7-1-2-10(18-6-7)12(14,15)16/h1-4,6H. The van der Waals surface area contributed by atoms with Crippen molar-refractivity contribution in [3.8, 4) is 17.2 Å². The summed E-state index contributed by atoms with van der Waals surface area (Å²) in [5, 5.41) is 8.64. The van der Waals surface area contributed by atoms with Gasteiger partial charge in [-0.1, -0.05) is 6.07 Å². The summed E-state index contributed by atoms with van der Waals surface area (Å²) in [5.41, 5.74) is -0.683. The van der Waals surface area contributed by atoms with Gasteiger partial charge in [-0.3, -0.25) is 4.98 Å². The molecule has 0 saturated heterocycles. The van der Waals surface area contributed by atoms with Crippen LogP contribution in [-0.2, 0) is 6.18 Å². The van der Waals surface area contributed by atoms with Gasteiger partial charge in [-0.25, -0.2) is 4.98 Å². The van der Waals surface area contributed by atoms with Crippen molar-refractivity contribution in [2.45, 2.75) is 6.18 Å². The Balaban J connectivity index is 2.43. The first-order valence-corrected chi connectivity index (χ1v) is 5.01. The van der Waals surface area contributed by atoms with Crippen LogP contribution in [0.4, 0.5) is 17.6 Å². The van der Waals surface area contributed by atoms with E-state index in [4.69, 9.17) is 5.26 Å². The van der Waals surface area contributed by atoms with E-state index in [0.717, 1.165) is 24.4 Å². The molecule has 0 unspecified atom stereocenters. The van der Waals surface area contributed by atoms with Gasteiger partial charge in [-0.15, -0.1) is 0 Å². The van der Waals surface area contributed by atoms with E-state index in [1.54, 1.807) is 6.07 Å². The van der Waals surface area contributed by atoms with Crippen LogP contribution in [0.3, 0.4) is 0 Å². The Bertz CT molecular complexity index is 642. The Kier molecular flexibility index (Phi) is 3.17. The highest BCUT2D eigenvalue weighted by Gasteiger charge is 2.32. The second kappa shape index (κ2) is 4.65. The van der Waals surface area contributed by atoms with E-state index in [2.05, 4.69) is 9.97 Å². The van der Waals surface area contributed by atoms with Crippen LogP contribution in [0.2, 0.25) is 0 Å². The highest BCUT2D eigenvalue weighted by Crippen LogP contribution is 2.29. The average molecular weight is 267 g/mol. The summed E-state index contributed by atoms with van der Waals surface area (Å²) in [7, 11) is 0. The van der Waals surface area contributed by atoms with Crippen LogP contribution in [-0.4, -0.2) is 9.97 Å². The molecule has 2 rings (SSSR count). The number of hydrogen-bond donors (Lipinski definition) is 0. The summed E-state index contributed by atoms with van der Waals surface area (Å²) in [6.45, 7) is 0. The molecule has 0 spiro atoms. The van der Waals surface area contributed by atoms with E-state index in [9.17, 15) is 17.6 Å². The van der Waals surface area contributed by atoms with Crippen molar-refractivity contribution in [3.05, 3.63) is 47.8 Å². The van der Waals surface area contributed by atoms with Gasteiger partial charge in [0.25, 0.3) is 0 Å². The molecule has 0 fully saturated rings. The van der Waals surface area contributed by atoms with Crippen molar-refractivity contribution in [1.82, 2.24) is 9.97 Å². The van der Waals surface area contributed by atoms with Gasteiger partial charge in [0.2, 0.25) is 5.95 Å². The van der Waals surface area contributed by atoms with Crippen LogP contribution in [0.15, 0.2) is 30.5 Å². The number of alkyl halides is 3. The van der Waals surface area contributed by atoms with Gasteiger partial charge >= 0.3 is 6.18 Å². The van der Waals surface area contributed by atoms with Crippen molar-refractivity contribution >= 4 is 0 Å². The fourth-order valence-corrected chi connectivity index (χ4v) is 1.45. The molecule has 0 N–H and O–H groups in total. The molecule has 0 aromatic carbocycles. The molecule has 7 heteroatoms. The van der Waals surface area contributed by atoms with E-state index in [1.165, 1.54) is 6.07 Å². The monoisotopic (exact) mass is 267 g/mol. The maximum atomic E-state index is 13.1. The van der Waals surface area contributed by atoms with Gasteiger partial charge in [-0.05, 0) is 17.7 Å². The number of pyridine rings is 2. The molecule has 0 amide bonds. The van der Waals surface area contributed by atoms with E-state index in [1.807, 2.05) is 0 Å². The zero-order valence-electron chi connectivity index (χ0n) is 9.24. The van der Waals surface area contributed by atoms with E-state index >= 15 is 0 Å². The average Bonchev–Trinajstić information content (AvgIpc) is 2.37. The molecule has 0 aliphatic carbocycles. The quantitative estimate of drug-likeness (QED) is 0.589. The normalized spacial score (nSPS) is 11.1. The molecule has 0 bridgehead atoms. The molecule has 0 aliphatic heterocycles. The molecular weight excluding hydrogens is 262 g/mol. The van der Waals surface area contributed by atoms with Gasteiger partial charge in [0.15, 0.2) is 0 Å². The smallest absolute Gasteiger partial charge is 0.251 e. The zero-order valence-corrected chi connectivity index (χ0v) is 9.24. The van der Waals surface area contributed by atoms with E-state index in [0.29, 0.717) is 0 Å². The molecule has 96 valence electrons. The summed E-state index contributed by atoms with van der Waals surface area (Å²) >= 11 is 0. The van der Waals surface area contributed by atoms with Gasteiger partial charge in [0.1, 0.15) is 17.5 Å². The Morgan fingerprint density at radius 2 is 1.84 bits per heavy atom. The summed E-state index contributed by atoms with van der Waals surface area (Å²) in [6.07, 6.45) is -3.56. The summed E-state index contributed by atoms with van der Waals surface area (Å²) in [6, 6.07) is 5.90. The molecule has 3 nitrogen and oxygen atoms in total. The first-order valence-electron chi connectivity index (χ1n) is 5.01. The number of aromatic nitrogens is 2. The van der Waals surface area contributed by atoms with E-state index < -0.39 is 17.8 Å². The van der Waals surface area contributed by atoms with Crippen molar-refractivity contribution in [3.63, 3.8) is 0 Å². The molecule has 2 aromatic rings. The van der Waals surface area contributed by atoms with Crippen molar-refractivity contribution in [2.75, 3.05) is 0 Å². The van der Waals surface area contributed by atoms with Crippen LogP contribution in [0, 0.1) is 17.3 Å². The largest absolute Gasteiger partial charge is 0.433 e. The molecule has 0 aliphatic rings. The lowest BCUT2D eigenvalue weighted by atomic mass is 10.1. The predicted octanol–water partition coefficient (Wildman–Crippen LogP) is 3.17. The van der Waals surface area contributed by atoms with Crippen LogP contribution in [0.25, 0.3) is 11.1 Å². The van der Waals surface area contributed by atoms with Crippen molar-refractivity contribution < 1.29 is 17.6 Å². The first-order chi connectivity index (χ1) is 8.90. The van der Waals surface area contributed by atoms with Crippen LogP contribution >= 0.6 is 0 Å². The zero-order chi connectivity index (χ0) is 14.0. The Morgan fingerprint density at radius 1 is 1.11 bits per heavy atom. The minimum absolute atomic E-state index is 0.158. The fourth-order valence-electron chi connectivity index (χ4n) is 1.45. The first kappa shape index (κ1) is 13.0. The molecule has 0 atom stereocenters. The minimum Gasteiger partial charge on any atom is -0.251 e. The topological polar surface area (TPSA) is 49.6 Å². The third kappa shape index (κ3) is 2.85. The minimum atomic E-state index is -4.53. The van der Waals surface area contributed by atoms with Gasteiger partial charge in [0.05, 0.1) is 0 Å². The molecular formula is C12H5F4N3. The third-order valence-corrected chi connectivity index (χ3v) is 2.30. The number of nitrogens with zero attached hydrogens (tertiary/aromatic N) is 3. The van der Waals surface area contributed by atoms with Gasteiger partial charge in [0, 0.05) is 17.8 Å². The SMILES string of the molecule is N#Cc1cc(-c2ccc(C(F)(F)F)nc2)cc(F)n1. The highest BCUT2D eigenvalue weighted by atomic mass is 19.4. The summed E-state index contributed by atoms with van der Waals surface area (Å²) in [5.74, 6) is -0.881. The molecule has 0 saturated carbocycles. The van der Waals surface area contributed by atoms with Crippen molar-refractivity contribution in [2.24, 2.45) is 0 Å². The number of nitriles is 1. The van der Waals surface area contributed by atoms with Crippen LogP contribution < -0.4 is 0 Å².